The predicted molar refractivity (Wildman–Crippen MR) is 74.3 cm³/mol. The van der Waals surface area contributed by atoms with Gasteiger partial charge in [0.1, 0.15) is 5.69 Å². The van der Waals surface area contributed by atoms with Gasteiger partial charge >= 0.3 is 5.97 Å². The molecular formula is C16H15NO3. The van der Waals surface area contributed by atoms with Crippen molar-refractivity contribution in [1.82, 2.24) is 4.57 Å². The SMILES string of the molecule is CC(=O)c1cc(C(=O)O)n(C2Cc3ccccc3C2)c1. The summed E-state index contributed by atoms with van der Waals surface area (Å²) in [4.78, 5) is 22.8. The number of nitrogens with zero attached hydrogens (tertiary/aromatic N) is 1. The van der Waals surface area contributed by atoms with E-state index in [1.807, 2.05) is 12.1 Å². The van der Waals surface area contributed by atoms with Crippen LogP contribution in [0.5, 0.6) is 0 Å². The molecule has 0 bridgehead atoms. The summed E-state index contributed by atoms with van der Waals surface area (Å²) in [5.41, 5.74) is 3.16. The fraction of sp³-hybridized carbons (Fsp3) is 0.250. The van der Waals surface area contributed by atoms with Crippen LogP contribution in [0.25, 0.3) is 0 Å². The zero-order chi connectivity index (χ0) is 14.3. The van der Waals surface area contributed by atoms with Gasteiger partial charge in [0.15, 0.2) is 5.78 Å². The Kier molecular flexibility index (Phi) is 2.93. The van der Waals surface area contributed by atoms with Crippen LogP contribution in [-0.2, 0) is 12.8 Å². The van der Waals surface area contributed by atoms with E-state index in [1.54, 1.807) is 10.8 Å². The molecular weight excluding hydrogens is 254 g/mol. The second-order valence-electron chi connectivity index (χ2n) is 5.21. The number of ketones is 1. The van der Waals surface area contributed by atoms with Gasteiger partial charge in [-0.2, -0.15) is 0 Å². The highest BCUT2D eigenvalue weighted by Crippen LogP contribution is 2.31. The van der Waals surface area contributed by atoms with E-state index in [9.17, 15) is 14.7 Å². The molecule has 3 rings (SSSR count). The summed E-state index contributed by atoms with van der Waals surface area (Å²) in [7, 11) is 0. The highest BCUT2D eigenvalue weighted by molar-refractivity contribution is 5.97. The molecule has 0 spiro atoms. The van der Waals surface area contributed by atoms with Gasteiger partial charge in [0.05, 0.1) is 0 Å². The molecule has 1 aliphatic rings. The van der Waals surface area contributed by atoms with Crippen LogP contribution in [0, 0.1) is 0 Å². The van der Waals surface area contributed by atoms with E-state index in [1.165, 1.54) is 24.1 Å². The van der Waals surface area contributed by atoms with Gasteiger partial charge in [-0.1, -0.05) is 24.3 Å². The van der Waals surface area contributed by atoms with E-state index in [0.717, 1.165) is 12.8 Å². The number of hydrogen-bond donors (Lipinski definition) is 1. The number of benzene rings is 1. The third-order valence-electron chi connectivity index (χ3n) is 3.90. The number of carbonyl (C=O) groups excluding carboxylic acids is 1. The first-order valence-electron chi connectivity index (χ1n) is 6.59. The second-order valence-corrected chi connectivity index (χ2v) is 5.21. The van der Waals surface area contributed by atoms with Crippen molar-refractivity contribution in [2.45, 2.75) is 25.8 Å². The van der Waals surface area contributed by atoms with Crippen LogP contribution in [0.2, 0.25) is 0 Å². The van der Waals surface area contributed by atoms with Crippen LogP contribution >= 0.6 is 0 Å². The monoisotopic (exact) mass is 269 g/mol. The summed E-state index contributed by atoms with van der Waals surface area (Å²) < 4.78 is 1.74. The molecule has 102 valence electrons. The van der Waals surface area contributed by atoms with Crippen LogP contribution in [-0.4, -0.2) is 21.4 Å². The molecule has 2 aromatic rings. The quantitative estimate of drug-likeness (QED) is 0.871. The largest absolute Gasteiger partial charge is 0.477 e. The Morgan fingerprint density at radius 3 is 2.30 bits per heavy atom. The molecule has 0 aliphatic heterocycles. The lowest BCUT2D eigenvalue weighted by molar-refractivity contribution is 0.0682. The zero-order valence-corrected chi connectivity index (χ0v) is 11.2. The van der Waals surface area contributed by atoms with Crippen molar-refractivity contribution in [1.29, 1.82) is 0 Å². The molecule has 1 aliphatic carbocycles. The maximum absolute atomic E-state index is 11.5. The predicted octanol–water partition coefficient (Wildman–Crippen LogP) is 2.73. The molecule has 1 N–H and O–H groups in total. The van der Waals surface area contributed by atoms with E-state index in [4.69, 9.17) is 0 Å². The van der Waals surface area contributed by atoms with Crippen LogP contribution in [0.3, 0.4) is 0 Å². The van der Waals surface area contributed by atoms with Gasteiger partial charge in [0.25, 0.3) is 0 Å². The number of carbonyl (C=O) groups is 2. The molecule has 0 saturated heterocycles. The molecule has 1 aromatic heterocycles. The topological polar surface area (TPSA) is 59.3 Å². The van der Waals surface area contributed by atoms with Gasteiger partial charge in [0.2, 0.25) is 0 Å². The van der Waals surface area contributed by atoms with E-state index in [-0.39, 0.29) is 17.5 Å². The molecule has 4 heteroatoms. The third-order valence-corrected chi connectivity index (χ3v) is 3.90. The maximum atomic E-state index is 11.5. The average molecular weight is 269 g/mol. The Labute approximate surface area is 116 Å². The van der Waals surface area contributed by atoms with E-state index >= 15 is 0 Å². The Morgan fingerprint density at radius 1 is 1.20 bits per heavy atom. The Hall–Kier alpha value is -2.36. The normalized spacial score (nSPS) is 14.2. The molecule has 20 heavy (non-hydrogen) atoms. The molecule has 4 nitrogen and oxygen atoms in total. The van der Waals surface area contributed by atoms with Crippen molar-refractivity contribution in [3.8, 4) is 0 Å². The van der Waals surface area contributed by atoms with Crippen LogP contribution < -0.4 is 0 Å². The highest BCUT2D eigenvalue weighted by atomic mass is 16.4. The summed E-state index contributed by atoms with van der Waals surface area (Å²) >= 11 is 0. The third kappa shape index (κ3) is 2.03. The number of rotatable bonds is 3. The Bertz CT molecular complexity index is 674. The number of carboxylic acids is 1. The lowest BCUT2D eigenvalue weighted by atomic mass is 10.1. The molecule has 1 aromatic carbocycles. The van der Waals surface area contributed by atoms with Gasteiger partial charge in [0, 0.05) is 17.8 Å². The molecule has 0 saturated carbocycles. The van der Waals surface area contributed by atoms with Crippen molar-refractivity contribution in [3.63, 3.8) is 0 Å². The maximum Gasteiger partial charge on any atom is 0.352 e. The Morgan fingerprint density at radius 2 is 1.80 bits per heavy atom. The lowest BCUT2D eigenvalue weighted by Crippen LogP contribution is -2.14. The summed E-state index contributed by atoms with van der Waals surface area (Å²) in [6.45, 7) is 1.45. The molecule has 0 fully saturated rings. The molecule has 1 heterocycles. The molecule has 0 amide bonds. The van der Waals surface area contributed by atoms with Crippen molar-refractivity contribution >= 4 is 11.8 Å². The number of aromatic nitrogens is 1. The molecule has 0 atom stereocenters. The van der Waals surface area contributed by atoms with Gasteiger partial charge in [-0.3, -0.25) is 4.79 Å². The first-order valence-corrected chi connectivity index (χ1v) is 6.59. The smallest absolute Gasteiger partial charge is 0.352 e. The highest BCUT2D eigenvalue weighted by Gasteiger charge is 2.26. The lowest BCUT2D eigenvalue weighted by Gasteiger charge is -2.14. The van der Waals surface area contributed by atoms with Gasteiger partial charge < -0.3 is 9.67 Å². The van der Waals surface area contributed by atoms with E-state index < -0.39 is 5.97 Å². The van der Waals surface area contributed by atoms with Gasteiger partial charge in [-0.15, -0.1) is 0 Å². The molecule has 0 unspecified atom stereocenters. The van der Waals surface area contributed by atoms with Crippen molar-refractivity contribution in [2.75, 3.05) is 0 Å². The van der Waals surface area contributed by atoms with Gasteiger partial charge in [-0.05, 0) is 37.0 Å². The average Bonchev–Trinajstić information content (AvgIpc) is 3.02. The summed E-state index contributed by atoms with van der Waals surface area (Å²) in [6.07, 6.45) is 3.29. The van der Waals surface area contributed by atoms with Crippen LogP contribution in [0.15, 0.2) is 36.5 Å². The number of Topliss-reactive ketones (excluding diaryl/α,β-unsaturated/α-hetero) is 1. The van der Waals surface area contributed by atoms with Crippen LogP contribution in [0.4, 0.5) is 0 Å². The summed E-state index contributed by atoms with van der Waals surface area (Å²) in [6, 6.07) is 9.68. The first kappa shape index (κ1) is 12.7. The van der Waals surface area contributed by atoms with Crippen molar-refractivity contribution in [2.24, 2.45) is 0 Å². The molecule has 0 radical (unpaired) electrons. The van der Waals surface area contributed by atoms with E-state index in [0.29, 0.717) is 5.56 Å². The summed E-state index contributed by atoms with van der Waals surface area (Å²) in [5.74, 6) is -1.10. The van der Waals surface area contributed by atoms with Crippen molar-refractivity contribution < 1.29 is 14.7 Å². The fourth-order valence-corrected chi connectivity index (χ4v) is 2.88. The van der Waals surface area contributed by atoms with Crippen LogP contribution in [0.1, 0.15) is 44.9 Å². The van der Waals surface area contributed by atoms with Gasteiger partial charge in [-0.25, -0.2) is 4.79 Å². The standard InChI is InChI=1S/C16H15NO3/c1-10(18)13-8-15(16(19)20)17(9-13)14-6-11-4-2-3-5-12(11)7-14/h2-5,8-9,14H,6-7H2,1H3,(H,19,20). The second kappa shape index (κ2) is 4.63. The minimum Gasteiger partial charge on any atom is -0.477 e. The fourth-order valence-electron chi connectivity index (χ4n) is 2.88. The minimum absolute atomic E-state index is 0.0756. The number of hydrogen-bond acceptors (Lipinski definition) is 2. The Balaban J connectivity index is 1.99. The minimum atomic E-state index is -0.992. The van der Waals surface area contributed by atoms with E-state index in [2.05, 4.69) is 12.1 Å². The van der Waals surface area contributed by atoms with Crippen molar-refractivity contribution in [3.05, 3.63) is 58.9 Å². The number of carboxylic acid groups (broad SMARTS) is 1. The number of aromatic carboxylic acids is 1. The first-order chi connectivity index (χ1) is 9.56. The number of fused-ring (bicyclic) bond motifs is 1. The zero-order valence-electron chi connectivity index (χ0n) is 11.2. The summed E-state index contributed by atoms with van der Waals surface area (Å²) in [5, 5.41) is 9.31.